The molecule has 2 aliphatic rings. The zero-order chi connectivity index (χ0) is 13.2. The van der Waals surface area contributed by atoms with Gasteiger partial charge in [0.1, 0.15) is 0 Å². The largest absolute Gasteiger partial charge is 0.312 e. The second-order valence-corrected chi connectivity index (χ2v) is 7.87. The number of rotatable bonds is 3. The number of nitrogens with zero attached hydrogens (tertiary/aromatic N) is 1. The quantitative estimate of drug-likeness (QED) is 0.829. The molecule has 106 valence electrons. The molecule has 0 aromatic carbocycles. The summed E-state index contributed by atoms with van der Waals surface area (Å²) in [5.74, 6) is 0.858. The Hall–Kier alpha value is -0.0800. The lowest BCUT2D eigenvalue weighted by molar-refractivity contribution is 0.102. The third-order valence-corrected chi connectivity index (χ3v) is 4.45. The predicted molar refractivity (Wildman–Crippen MR) is 78.9 cm³/mol. The number of nitrogens with one attached hydrogen (secondary N) is 1. The molecule has 1 N–H and O–H groups in total. The van der Waals surface area contributed by atoms with Gasteiger partial charge in [0.15, 0.2) is 0 Å². The maximum absolute atomic E-state index is 3.80. The Morgan fingerprint density at radius 3 is 2.39 bits per heavy atom. The summed E-state index contributed by atoms with van der Waals surface area (Å²) in [6.07, 6.45) is 7.15. The molecule has 0 aromatic rings. The van der Waals surface area contributed by atoms with Crippen LogP contribution in [-0.2, 0) is 0 Å². The molecular weight excluding hydrogens is 220 g/mol. The van der Waals surface area contributed by atoms with Crippen molar-refractivity contribution < 1.29 is 0 Å². The second kappa shape index (κ2) is 5.92. The van der Waals surface area contributed by atoms with Gasteiger partial charge >= 0.3 is 0 Å². The summed E-state index contributed by atoms with van der Waals surface area (Å²) in [6.45, 7) is 13.1. The molecule has 0 radical (unpaired) electrons. The number of hydrogen-bond donors (Lipinski definition) is 1. The van der Waals surface area contributed by atoms with Gasteiger partial charge in [-0.25, -0.2) is 0 Å². The van der Waals surface area contributed by atoms with Gasteiger partial charge in [-0.3, -0.25) is 4.90 Å². The fraction of sp³-hybridized carbons (Fsp3) is 1.00. The summed E-state index contributed by atoms with van der Waals surface area (Å²) < 4.78 is 0. The van der Waals surface area contributed by atoms with Gasteiger partial charge in [0.2, 0.25) is 0 Å². The molecule has 1 aliphatic carbocycles. The maximum atomic E-state index is 3.80. The topological polar surface area (TPSA) is 15.3 Å². The minimum Gasteiger partial charge on any atom is -0.312 e. The first-order valence-electron chi connectivity index (χ1n) is 7.91. The van der Waals surface area contributed by atoms with Crippen molar-refractivity contribution in [3.05, 3.63) is 0 Å². The van der Waals surface area contributed by atoms with Crippen molar-refractivity contribution in [3.8, 4) is 0 Å². The van der Waals surface area contributed by atoms with E-state index >= 15 is 0 Å². The van der Waals surface area contributed by atoms with Gasteiger partial charge in [0.05, 0.1) is 0 Å². The average molecular weight is 252 g/mol. The molecule has 2 rings (SSSR count). The molecule has 1 heterocycles. The van der Waals surface area contributed by atoms with Crippen LogP contribution >= 0.6 is 0 Å². The minimum absolute atomic E-state index is 0.402. The lowest BCUT2D eigenvalue weighted by Gasteiger charge is -2.41. The second-order valence-electron chi connectivity index (χ2n) is 7.87. The summed E-state index contributed by atoms with van der Waals surface area (Å²) >= 11 is 0. The lowest BCUT2D eigenvalue weighted by Crippen LogP contribution is -2.52. The maximum Gasteiger partial charge on any atom is 0.0198 e. The Balaban J connectivity index is 1.84. The molecular formula is C16H32N2. The molecule has 2 atom stereocenters. The van der Waals surface area contributed by atoms with E-state index in [-0.39, 0.29) is 0 Å². The lowest BCUT2D eigenvalue weighted by atomic mass is 9.92. The van der Waals surface area contributed by atoms with Crippen molar-refractivity contribution in [2.24, 2.45) is 11.3 Å². The summed E-state index contributed by atoms with van der Waals surface area (Å²) in [4.78, 5) is 2.78. The van der Waals surface area contributed by atoms with E-state index < -0.39 is 0 Å². The predicted octanol–water partition coefficient (Wildman–Crippen LogP) is 3.28. The van der Waals surface area contributed by atoms with Crippen molar-refractivity contribution >= 4 is 0 Å². The molecule has 1 saturated heterocycles. The molecule has 2 fully saturated rings. The first-order valence-corrected chi connectivity index (χ1v) is 7.91. The van der Waals surface area contributed by atoms with Crippen molar-refractivity contribution in [3.63, 3.8) is 0 Å². The minimum atomic E-state index is 0.402. The van der Waals surface area contributed by atoms with Gasteiger partial charge in [0, 0.05) is 31.7 Å². The van der Waals surface area contributed by atoms with E-state index in [0.29, 0.717) is 11.5 Å². The van der Waals surface area contributed by atoms with Crippen LogP contribution < -0.4 is 5.32 Å². The van der Waals surface area contributed by atoms with Gasteiger partial charge in [0.25, 0.3) is 0 Å². The van der Waals surface area contributed by atoms with E-state index in [4.69, 9.17) is 0 Å². The van der Waals surface area contributed by atoms with Crippen LogP contribution in [0, 0.1) is 11.3 Å². The van der Waals surface area contributed by atoms with Gasteiger partial charge in [-0.2, -0.15) is 0 Å². The van der Waals surface area contributed by atoms with Crippen LogP contribution in [0.15, 0.2) is 0 Å². The Morgan fingerprint density at radius 2 is 1.78 bits per heavy atom. The fourth-order valence-electron chi connectivity index (χ4n) is 3.56. The molecule has 0 bridgehead atoms. The highest BCUT2D eigenvalue weighted by atomic mass is 15.2. The van der Waals surface area contributed by atoms with Crippen LogP contribution in [0.2, 0.25) is 0 Å². The third-order valence-electron chi connectivity index (χ3n) is 4.45. The van der Waals surface area contributed by atoms with Gasteiger partial charge in [-0.1, -0.05) is 40.5 Å². The summed E-state index contributed by atoms with van der Waals surface area (Å²) in [7, 11) is 0. The van der Waals surface area contributed by atoms with Gasteiger partial charge < -0.3 is 5.32 Å². The van der Waals surface area contributed by atoms with Crippen molar-refractivity contribution in [2.75, 3.05) is 19.6 Å². The van der Waals surface area contributed by atoms with Crippen LogP contribution in [0.25, 0.3) is 0 Å². The number of hydrogen-bond acceptors (Lipinski definition) is 2. The molecule has 0 spiro atoms. The van der Waals surface area contributed by atoms with E-state index in [9.17, 15) is 0 Å². The highest BCUT2D eigenvalue weighted by molar-refractivity contribution is 4.88. The summed E-state index contributed by atoms with van der Waals surface area (Å²) in [5.41, 5.74) is 0.402. The van der Waals surface area contributed by atoms with Crippen molar-refractivity contribution in [1.82, 2.24) is 10.2 Å². The first kappa shape index (κ1) is 14.3. The van der Waals surface area contributed by atoms with Gasteiger partial charge in [-0.15, -0.1) is 0 Å². The Kier molecular flexibility index (Phi) is 4.71. The Labute approximate surface area is 114 Å². The standard InChI is InChI=1S/C16H32N2/c1-13-9-14(17-12-16(2,3)4)11-18(10-13)15-7-5-6-8-15/h13-15,17H,5-12H2,1-4H3. The molecule has 0 aromatic heterocycles. The van der Waals surface area contributed by atoms with E-state index in [1.165, 1.54) is 45.2 Å². The van der Waals surface area contributed by atoms with Crippen molar-refractivity contribution in [1.29, 1.82) is 0 Å². The molecule has 2 unspecified atom stereocenters. The van der Waals surface area contributed by atoms with E-state index in [2.05, 4.69) is 37.9 Å². The molecule has 1 aliphatic heterocycles. The number of likely N-dealkylation sites (tertiary alicyclic amines) is 1. The van der Waals surface area contributed by atoms with Crippen molar-refractivity contribution in [2.45, 2.75) is 71.9 Å². The van der Waals surface area contributed by atoms with E-state index in [1.807, 2.05) is 0 Å². The summed E-state index contributed by atoms with van der Waals surface area (Å²) in [5, 5.41) is 3.80. The van der Waals surface area contributed by atoms with E-state index in [0.717, 1.165) is 18.5 Å². The van der Waals surface area contributed by atoms with Gasteiger partial charge in [-0.05, 0) is 30.6 Å². The molecule has 2 heteroatoms. The van der Waals surface area contributed by atoms with Crippen LogP contribution in [0.1, 0.15) is 59.8 Å². The van der Waals surface area contributed by atoms with Crippen LogP contribution in [0.4, 0.5) is 0 Å². The molecule has 0 amide bonds. The Bertz CT molecular complexity index is 250. The zero-order valence-electron chi connectivity index (χ0n) is 12.8. The average Bonchev–Trinajstić information content (AvgIpc) is 2.78. The zero-order valence-corrected chi connectivity index (χ0v) is 12.8. The SMILES string of the molecule is CC1CC(NCC(C)(C)C)CN(C2CCCC2)C1. The van der Waals surface area contributed by atoms with Crippen LogP contribution in [0.3, 0.4) is 0 Å². The smallest absolute Gasteiger partial charge is 0.0198 e. The first-order chi connectivity index (χ1) is 8.44. The van der Waals surface area contributed by atoms with Crippen LogP contribution in [-0.4, -0.2) is 36.6 Å². The highest BCUT2D eigenvalue weighted by Crippen LogP contribution is 2.28. The third kappa shape index (κ3) is 4.24. The fourth-order valence-corrected chi connectivity index (χ4v) is 3.56. The molecule has 2 nitrogen and oxygen atoms in total. The van der Waals surface area contributed by atoms with Crippen LogP contribution in [0.5, 0.6) is 0 Å². The molecule has 1 saturated carbocycles. The normalized spacial score (nSPS) is 32.0. The monoisotopic (exact) mass is 252 g/mol. The highest BCUT2D eigenvalue weighted by Gasteiger charge is 2.31. The summed E-state index contributed by atoms with van der Waals surface area (Å²) in [6, 6.07) is 1.61. The Morgan fingerprint density at radius 1 is 1.11 bits per heavy atom. The number of piperidine rings is 1. The van der Waals surface area contributed by atoms with E-state index in [1.54, 1.807) is 0 Å². The molecule has 18 heavy (non-hydrogen) atoms.